The number of hydrogen-bond donors (Lipinski definition) is 2. The first-order valence-electron chi connectivity index (χ1n) is 3.75. The fourth-order valence-electron chi connectivity index (χ4n) is 0.766. The summed E-state index contributed by atoms with van der Waals surface area (Å²) in [4.78, 5) is 30.4. The van der Waals surface area contributed by atoms with Gasteiger partial charge in [0.15, 0.2) is 10.0 Å². The van der Waals surface area contributed by atoms with Crippen molar-refractivity contribution < 1.29 is 18.6 Å². The Morgan fingerprint density at radius 1 is 1.07 bits per heavy atom. The van der Waals surface area contributed by atoms with E-state index in [1.807, 2.05) is 0 Å². The Labute approximate surface area is 86.2 Å². The maximum atomic E-state index is 10.2. The molecule has 1 atom stereocenters. The highest BCUT2D eigenvalue weighted by atomic mass is 33.1. The molecule has 2 heterocycles. The average molecular weight is 236 g/mol. The Hall–Kier alpha value is -0.890. The van der Waals surface area contributed by atoms with Crippen molar-refractivity contribution in [1.29, 1.82) is 0 Å². The van der Waals surface area contributed by atoms with Crippen LogP contribution in [0.25, 0.3) is 0 Å². The molecule has 0 saturated carbocycles. The number of amides is 3. The van der Waals surface area contributed by atoms with Crippen molar-refractivity contribution in [3.05, 3.63) is 0 Å². The molecule has 2 fully saturated rings. The van der Waals surface area contributed by atoms with Crippen molar-refractivity contribution in [2.75, 3.05) is 5.75 Å². The van der Waals surface area contributed by atoms with Gasteiger partial charge in [-0.2, -0.15) is 0 Å². The molecule has 8 heteroatoms. The van der Waals surface area contributed by atoms with Crippen molar-refractivity contribution >= 4 is 38.5 Å². The van der Waals surface area contributed by atoms with Crippen molar-refractivity contribution in [2.24, 2.45) is 0 Å². The number of hydrogen-bond acceptors (Lipinski definition) is 5. The van der Waals surface area contributed by atoms with Gasteiger partial charge in [-0.25, -0.2) is 4.21 Å². The van der Waals surface area contributed by atoms with Gasteiger partial charge in [0.2, 0.25) is 17.7 Å². The minimum Gasteiger partial charge on any atom is -0.296 e. The van der Waals surface area contributed by atoms with Gasteiger partial charge in [0.05, 0.1) is 5.75 Å². The van der Waals surface area contributed by atoms with E-state index in [0.717, 1.165) is 10.8 Å². The summed E-state index contributed by atoms with van der Waals surface area (Å²) in [6, 6.07) is 0. The first-order chi connectivity index (χ1) is 6.58. The van der Waals surface area contributed by atoms with E-state index in [2.05, 4.69) is 10.0 Å². The third kappa shape index (κ3) is 3.88. The molecule has 2 rings (SSSR count). The topological polar surface area (TPSA) is 92.3 Å². The van der Waals surface area contributed by atoms with Gasteiger partial charge < -0.3 is 0 Å². The lowest BCUT2D eigenvalue weighted by Crippen LogP contribution is -2.18. The quantitative estimate of drug-likeness (QED) is 0.409. The van der Waals surface area contributed by atoms with Gasteiger partial charge in [-0.15, -0.1) is 0 Å². The molecular formula is C6H8N2O4S2. The molecule has 0 aromatic rings. The van der Waals surface area contributed by atoms with Crippen LogP contribution in [0.2, 0.25) is 0 Å². The van der Waals surface area contributed by atoms with Gasteiger partial charge in [-0.3, -0.25) is 24.4 Å². The molecule has 0 bridgehead atoms. The van der Waals surface area contributed by atoms with Crippen LogP contribution in [0.5, 0.6) is 0 Å². The molecule has 0 spiro atoms. The van der Waals surface area contributed by atoms with Crippen LogP contribution in [0, 0.1) is 0 Å². The molecule has 3 amide bonds. The Bertz CT molecular complexity index is 246. The molecular weight excluding hydrogens is 228 g/mol. The molecule has 0 aliphatic carbocycles. The molecule has 1 unspecified atom stereocenters. The third-order valence-corrected chi connectivity index (χ3v) is 3.59. The van der Waals surface area contributed by atoms with Crippen LogP contribution in [-0.2, 0) is 24.4 Å². The summed E-state index contributed by atoms with van der Waals surface area (Å²) < 4.78 is 12.4. The normalized spacial score (nSPS) is 25.1. The summed E-state index contributed by atoms with van der Waals surface area (Å²) in [5.74, 6) is -0.0922. The van der Waals surface area contributed by atoms with E-state index in [1.165, 1.54) is 0 Å². The van der Waals surface area contributed by atoms with Gasteiger partial charge in [0, 0.05) is 12.8 Å². The minimum atomic E-state index is -1.14. The van der Waals surface area contributed by atoms with Gasteiger partial charge >= 0.3 is 0 Å². The maximum absolute atomic E-state index is 10.2. The molecule has 2 N–H and O–H groups in total. The molecule has 78 valence electrons. The highest BCUT2D eigenvalue weighted by Gasteiger charge is 2.16. The van der Waals surface area contributed by atoms with Gasteiger partial charge in [0.1, 0.15) is 0 Å². The standard InChI is InChI=1S/C4H5NO2.C2H3NO2S2/c6-3-1-2-4(7)5-3;4-2-1-6-7(5)3-2/h1-2H2,(H,5,6,7);1H2,(H,3,4). The number of imide groups is 1. The molecule has 2 saturated heterocycles. The fraction of sp³-hybridized carbons (Fsp3) is 0.500. The lowest BCUT2D eigenvalue weighted by Gasteiger charge is -1.79. The summed E-state index contributed by atoms with van der Waals surface area (Å²) in [6.07, 6.45) is 0.748. The van der Waals surface area contributed by atoms with E-state index < -0.39 is 10.0 Å². The Morgan fingerprint density at radius 3 is 1.79 bits per heavy atom. The summed E-state index contributed by atoms with van der Waals surface area (Å²) >= 11 is 0. The summed E-state index contributed by atoms with van der Waals surface area (Å²) in [6.45, 7) is 0. The van der Waals surface area contributed by atoms with Crippen LogP contribution in [0.15, 0.2) is 0 Å². The van der Waals surface area contributed by atoms with E-state index in [0.29, 0.717) is 18.6 Å². The molecule has 2 aliphatic rings. The average Bonchev–Trinajstić information content (AvgIpc) is 2.63. The Balaban J connectivity index is 0.000000140. The van der Waals surface area contributed by atoms with Gasteiger partial charge in [-0.05, 0) is 10.8 Å². The van der Waals surface area contributed by atoms with Crippen LogP contribution in [0.4, 0.5) is 0 Å². The molecule has 6 nitrogen and oxygen atoms in total. The summed E-state index contributed by atoms with van der Waals surface area (Å²) in [5.41, 5.74) is 0. The Morgan fingerprint density at radius 2 is 1.64 bits per heavy atom. The predicted molar refractivity (Wildman–Crippen MR) is 51.1 cm³/mol. The van der Waals surface area contributed by atoms with Crippen LogP contribution >= 0.6 is 10.8 Å². The molecule has 14 heavy (non-hydrogen) atoms. The SMILES string of the molecule is O=C1CCC(=O)N1.O=C1CSS(=O)N1. The summed E-state index contributed by atoms with van der Waals surface area (Å²) in [5, 5.41) is 2.14. The first kappa shape index (κ1) is 11.2. The highest BCUT2D eigenvalue weighted by molar-refractivity contribution is 8.69. The minimum absolute atomic E-state index is 0.136. The zero-order valence-electron chi connectivity index (χ0n) is 7.07. The number of carbonyl (C=O) groups excluding carboxylic acids is 3. The maximum Gasteiger partial charge on any atom is 0.243 e. The zero-order valence-corrected chi connectivity index (χ0v) is 8.70. The Kier molecular flexibility index (Phi) is 4.08. The molecule has 0 aromatic carbocycles. The van der Waals surface area contributed by atoms with Gasteiger partial charge in [0.25, 0.3) is 0 Å². The number of nitrogens with one attached hydrogen (secondary N) is 2. The van der Waals surface area contributed by atoms with Crippen LogP contribution < -0.4 is 10.0 Å². The lowest BCUT2D eigenvalue weighted by molar-refractivity contribution is -0.124. The molecule has 0 aromatic heterocycles. The second-order valence-corrected chi connectivity index (χ2v) is 5.31. The largest absolute Gasteiger partial charge is 0.296 e. The predicted octanol–water partition coefficient (Wildman–Crippen LogP) is -1.15. The van der Waals surface area contributed by atoms with E-state index in [9.17, 15) is 18.6 Å². The highest BCUT2D eigenvalue weighted by Crippen LogP contribution is 2.09. The second kappa shape index (κ2) is 5.11. The monoisotopic (exact) mass is 236 g/mol. The van der Waals surface area contributed by atoms with Crippen LogP contribution in [-0.4, -0.2) is 27.7 Å². The van der Waals surface area contributed by atoms with E-state index in [-0.39, 0.29) is 17.7 Å². The smallest absolute Gasteiger partial charge is 0.243 e. The van der Waals surface area contributed by atoms with Crippen molar-refractivity contribution in [2.45, 2.75) is 12.8 Å². The van der Waals surface area contributed by atoms with Crippen LogP contribution in [0.1, 0.15) is 12.8 Å². The van der Waals surface area contributed by atoms with Gasteiger partial charge in [-0.1, -0.05) is 0 Å². The third-order valence-electron chi connectivity index (χ3n) is 1.35. The zero-order chi connectivity index (χ0) is 10.6. The van der Waals surface area contributed by atoms with E-state index in [4.69, 9.17) is 0 Å². The molecule has 2 aliphatic heterocycles. The summed E-state index contributed by atoms with van der Waals surface area (Å²) in [7, 11) is -0.0189. The lowest BCUT2D eigenvalue weighted by atomic mass is 10.4. The number of carbonyl (C=O) groups is 3. The van der Waals surface area contributed by atoms with Crippen molar-refractivity contribution in [3.63, 3.8) is 0 Å². The van der Waals surface area contributed by atoms with Crippen molar-refractivity contribution in [1.82, 2.24) is 10.0 Å². The van der Waals surface area contributed by atoms with Crippen molar-refractivity contribution in [3.8, 4) is 0 Å². The fourth-order valence-corrected chi connectivity index (χ4v) is 2.56. The van der Waals surface area contributed by atoms with E-state index in [1.54, 1.807) is 0 Å². The first-order valence-corrected chi connectivity index (χ1v) is 6.40. The number of rotatable bonds is 0. The van der Waals surface area contributed by atoms with E-state index >= 15 is 0 Å². The second-order valence-electron chi connectivity index (χ2n) is 2.49. The molecule has 0 radical (unpaired) electrons. The van der Waals surface area contributed by atoms with Crippen LogP contribution in [0.3, 0.4) is 0 Å².